The third kappa shape index (κ3) is 1.69. The van der Waals surface area contributed by atoms with Crippen LogP contribution in [0.5, 0.6) is 0 Å². The minimum Gasteiger partial charge on any atom is -0.304 e. The van der Waals surface area contributed by atoms with Crippen molar-refractivity contribution in [1.29, 1.82) is 0 Å². The predicted octanol–water partition coefficient (Wildman–Crippen LogP) is 2.82. The molecule has 1 heterocycles. The summed E-state index contributed by atoms with van der Waals surface area (Å²) in [5, 5.41) is 0. The summed E-state index contributed by atoms with van der Waals surface area (Å²) in [6.45, 7) is 2.17. The van der Waals surface area contributed by atoms with Gasteiger partial charge in [0.25, 0.3) is 0 Å². The Kier molecular flexibility index (Phi) is 2.63. The van der Waals surface area contributed by atoms with E-state index in [9.17, 15) is 0 Å². The first kappa shape index (κ1) is 9.00. The van der Waals surface area contributed by atoms with E-state index >= 15 is 0 Å². The lowest BCUT2D eigenvalue weighted by Gasteiger charge is -2.05. The summed E-state index contributed by atoms with van der Waals surface area (Å²) in [5.74, 6) is 1.14. The molecule has 1 aromatic heterocycles. The number of hydrogen-bond acceptors (Lipinski definition) is 1. The van der Waals surface area contributed by atoms with Crippen LogP contribution < -0.4 is 0 Å². The maximum absolute atomic E-state index is 4.35. The van der Waals surface area contributed by atoms with E-state index in [2.05, 4.69) is 28.6 Å². The van der Waals surface area contributed by atoms with E-state index in [4.69, 9.17) is 0 Å². The Morgan fingerprint density at radius 1 is 1.21 bits per heavy atom. The quantitative estimate of drug-likeness (QED) is 0.720. The summed E-state index contributed by atoms with van der Waals surface area (Å²) in [7, 11) is 0. The Morgan fingerprint density at radius 3 is 2.71 bits per heavy atom. The Balaban J connectivity index is 2.37. The zero-order valence-corrected chi connectivity index (χ0v) is 8.35. The van der Waals surface area contributed by atoms with E-state index in [1.165, 1.54) is 5.69 Å². The van der Waals surface area contributed by atoms with Crippen molar-refractivity contribution in [3.8, 4) is 5.69 Å². The fraction of sp³-hybridized carbons (Fsp3) is 0.250. The fourth-order valence-electron chi connectivity index (χ4n) is 1.57. The average molecular weight is 186 g/mol. The largest absolute Gasteiger partial charge is 0.304 e. The molecular formula is C12H14N2. The summed E-state index contributed by atoms with van der Waals surface area (Å²) in [4.78, 5) is 4.35. The molecule has 2 aromatic rings. The van der Waals surface area contributed by atoms with Crippen molar-refractivity contribution in [3.05, 3.63) is 48.5 Å². The van der Waals surface area contributed by atoms with Gasteiger partial charge in [-0.3, -0.25) is 0 Å². The Hall–Kier alpha value is -1.57. The normalized spacial score (nSPS) is 10.4. The zero-order valence-electron chi connectivity index (χ0n) is 8.35. The number of nitrogens with zero attached hydrogens (tertiary/aromatic N) is 2. The number of para-hydroxylation sites is 1. The summed E-state index contributed by atoms with van der Waals surface area (Å²) in [6.07, 6.45) is 6.03. The van der Waals surface area contributed by atoms with Crippen molar-refractivity contribution >= 4 is 0 Å². The van der Waals surface area contributed by atoms with Crippen LogP contribution in [0.15, 0.2) is 42.7 Å². The highest BCUT2D eigenvalue weighted by Crippen LogP contribution is 2.10. The van der Waals surface area contributed by atoms with Crippen molar-refractivity contribution in [1.82, 2.24) is 9.55 Å². The third-order valence-electron chi connectivity index (χ3n) is 2.23. The van der Waals surface area contributed by atoms with E-state index in [-0.39, 0.29) is 0 Å². The van der Waals surface area contributed by atoms with Crippen LogP contribution in [0.25, 0.3) is 5.69 Å². The van der Waals surface area contributed by atoms with Crippen molar-refractivity contribution < 1.29 is 0 Å². The molecule has 2 rings (SSSR count). The van der Waals surface area contributed by atoms with E-state index in [1.54, 1.807) is 0 Å². The summed E-state index contributed by atoms with van der Waals surface area (Å²) >= 11 is 0. The lowest BCUT2D eigenvalue weighted by molar-refractivity contribution is 0.809. The topological polar surface area (TPSA) is 17.8 Å². The van der Waals surface area contributed by atoms with Crippen LogP contribution in [0.1, 0.15) is 19.2 Å². The number of aromatic nitrogens is 2. The number of rotatable bonds is 3. The molecular weight excluding hydrogens is 172 g/mol. The van der Waals surface area contributed by atoms with E-state index in [0.717, 1.165) is 18.7 Å². The van der Waals surface area contributed by atoms with E-state index < -0.39 is 0 Å². The highest BCUT2D eigenvalue weighted by molar-refractivity contribution is 5.32. The molecule has 0 unspecified atom stereocenters. The second-order valence-corrected chi connectivity index (χ2v) is 3.30. The molecule has 0 N–H and O–H groups in total. The molecule has 0 saturated heterocycles. The number of hydrogen-bond donors (Lipinski definition) is 0. The molecule has 0 atom stereocenters. The molecule has 0 radical (unpaired) electrons. The summed E-state index contributed by atoms with van der Waals surface area (Å²) < 4.78 is 2.14. The highest BCUT2D eigenvalue weighted by Gasteiger charge is 2.02. The van der Waals surface area contributed by atoms with Gasteiger partial charge in [0.15, 0.2) is 0 Å². The maximum atomic E-state index is 4.35. The molecule has 0 aliphatic heterocycles. The average Bonchev–Trinajstić information content (AvgIpc) is 2.68. The molecule has 14 heavy (non-hydrogen) atoms. The SMILES string of the molecule is CCCc1nccn1-c1ccccc1. The van der Waals surface area contributed by atoms with Crippen LogP contribution in [-0.2, 0) is 6.42 Å². The van der Waals surface area contributed by atoms with Crippen LogP contribution in [0.4, 0.5) is 0 Å². The molecule has 0 fully saturated rings. The first-order valence-corrected chi connectivity index (χ1v) is 4.99. The molecule has 0 bridgehead atoms. The van der Waals surface area contributed by atoms with Crippen molar-refractivity contribution in [2.75, 3.05) is 0 Å². The van der Waals surface area contributed by atoms with Gasteiger partial charge in [0, 0.05) is 24.5 Å². The van der Waals surface area contributed by atoms with Gasteiger partial charge in [0.2, 0.25) is 0 Å². The van der Waals surface area contributed by atoms with Crippen LogP contribution in [0.2, 0.25) is 0 Å². The van der Waals surface area contributed by atoms with Gasteiger partial charge in [-0.1, -0.05) is 25.1 Å². The smallest absolute Gasteiger partial charge is 0.113 e. The van der Waals surface area contributed by atoms with Gasteiger partial charge in [-0.2, -0.15) is 0 Å². The lowest BCUT2D eigenvalue weighted by atomic mass is 10.3. The first-order valence-electron chi connectivity index (χ1n) is 4.99. The van der Waals surface area contributed by atoms with Crippen LogP contribution in [-0.4, -0.2) is 9.55 Å². The fourth-order valence-corrected chi connectivity index (χ4v) is 1.57. The summed E-state index contributed by atoms with van der Waals surface area (Å²) in [5.41, 5.74) is 1.19. The molecule has 0 amide bonds. The van der Waals surface area contributed by atoms with Gasteiger partial charge < -0.3 is 4.57 Å². The first-order chi connectivity index (χ1) is 6.92. The van der Waals surface area contributed by atoms with Crippen LogP contribution in [0, 0.1) is 0 Å². The minimum atomic E-state index is 1.03. The van der Waals surface area contributed by atoms with Crippen LogP contribution in [0.3, 0.4) is 0 Å². The third-order valence-corrected chi connectivity index (χ3v) is 2.23. The highest BCUT2D eigenvalue weighted by atomic mass is 15.1. The molecule has 0 aliphatic rings. The minimum absolute atomic E-state index is 1.03. The zero-order chi connectivity index (χ0) is 9.80. The van der Waals surface area contributed by atoms with E-state index in [1.807, 2.05) is 30.6 Å². The molecule has 2 heteroatoms. The molecule has 0 saturated carbocycles. The molecule has 2 nitrogen and oxygen atoms in total. The van der Waals surface area contributed by atoms with Gasteiger partial charge in [-0.05, 0) is 18.6 Å². The Bertz CT molecular complexity index is 390. The van der Waals surface area contributed by atoms with Gasteiger partial charge in [-0.25, -0.2) is 4.98 Å². The number of benzene rings is 1. The lowest BCUT2D eigenvalue weighted by Crippen LogP contribution is -1.99. The Morgan fingerprint density at radius 2 is 2.00 bits per heavy atom. The van der Waals surface area contributed by atoms with Gasteiger partial charge in [0.05, 0.1) is 0 Å². The molecule has 0 aliphatic carbocycles. The number of aryl methyl sites for hydroxylation is 1. The van der Waals surface area contributed by atoms with Crippen molar-refractivity contribution in [3.63, 3.8) is 0 Å². The van der Waals surface area contributed by atoms with E-state index in [0.29, 0.717) is 0 Å². The second-order valence-electron chi connectivity index (χ2n) is 3.30. The second kappa shape index (κ2) is 4.09. The van der Waals surface area contributed by atoms with Gasteiger partial charge in [0.1, 0.15) is 5.82 Å². The standard InChI is InChI=1S/C12H14N2/c1-2-6-12-13-9-10-14(12)11-7-4-3-5-8-11/h3-5,7-10H,2,6H2,1H3. The maximum Gasteiger partial charge on any atom is 0.113 e. The predicted molar refractivity (Wildman–Crippen MR) is 57.6 cm³/mol. The molecule has 1 aromatic carbocycles. The molecule has 72 valence electrons. The van der Waals surface area contributed by atoms with Crippen LogP contribution >= 0.6 is 0 Å². The Labute approximate surface area is 84.2 Å². The summed E-state index contributed by atoms with van der Waals surface area (Å²) in [6, 6.07) is 10.3. The molecule has 0 spiro atoms. The number of imidazole rings is 1. The van der Waals surface area contributed by atoms with Crippen molar-refractivity contribution in [2.24, 2.45) is 0 Å². The van der Waals surface area contributed by atoms with Gasteiger partial charge in [-0.15, -0.1) is 0 Å². The monoisotopic (exact) mass is 186 g/mol. The van der Waals surface area contributed by atoms with Crippen molar-refractivity contribution in [2.45, 2.75) is 19.8 Å². The van der Waals surface area contributed by atoms with Gasteiger partial charge >= 0.3 is 0 Å².